The van der Waals surface area contributed by atoms with Gasteiger partial charge in [-0.05, 0) is 61.9 Å². The Hall–Kier alpha value is -2.14. The van der Waals surface area contributed by atoms with Crippen molar-refractivity contribution in [1.29, 1.82) is 0 Å². The fourth-order valence-electron chi connectivity index (χ4n) is 4.01. The molecule has 2 fully saturated rings. The van der Waals surface area contributed by atoms with Crippen molar-refractivity contribution in [2.45, 2.75) is 25.7 Å². The Balaban J connectivity index is 1.41. The number of carbonyl (C=O) groups excluding carboxylic acids is 1. The van der Waals surface area contributed by atoms with Crippen LogP contribution < -0.4 is 5.32 Å². The number of hydrogen-bond donors (Lipinski definition) is 1. The van der Waals surface area contributed by atoms with Gasteiger partial charge < -0.3 is 14.8 Å². The van der Waals surface area contributed by atoms with Crippen LogP contribution in [-0.4, -0.2) is 46.5 Å². The molecule has 0 bridgehead atoms. The van der Waals surface area contributed by atoms with Gasteiger partial charge in [-0.3, -0.25) is 4.79 Å². The molecule has 1 spiro atoms. The predicted molar refractivity (Wildman–Crippen MR) is 93.2 cm³/mol. The van der Waals surface area contributed by atoms with E-state index in [0.29, 0.717) is 5.41 Å². The second-order valence-electron chi connectivity index (χ2n) is 7.09. The molecule has 0 unspecified atom stereocenters. The first-order chi connectivity index (χ1) is 11.8. The zero-order valence-electron chi connectivity index (χ0n) is 13.9. The maximum absolute atomic E-state index is 12.8. The fraction of sp³-hybridized carbons (Fsp3) is 0.474. The van der Waals surface area contributed by atoms with E-state index in [-0.39, 0.29) is 5.91 Å². The smallest absolute Gasteiger partial charge is 0.253 e. The standard InChI is InChI=1S/C19H24N4O/c24-18(16-2-4-17(5-3-16)23-13-10-21-15-23)22-11-7-19(8-12-22)6-1-9-20-14-19/h2-5,10,13,15,20H,1,6-9,11-12,14H2. The van der Waals surface area contributed by atoms with E-state index in [1.165, 1.54) is 12.8 Å². The van der Waals surface area contributed by atoms with Crippen molar-refractivity contribution < 1.29 is 4.79 Å². The maximum atomic E-state index is 12.8. The first kappa shape index (κ1) is 15.4. The van der Waals surface area contributed by atoms with Crippen LogP contribution >= 0.6 is 0 Å². The number of imidazole rings is 1. The molecule has 3 heterocycles. The predicted octanol–water partition coefficient (Wildman–Crippen LogP) is 2.48. The molecule has 1 aromatic heterocycles. The topological polar surface area (TPSA) is 50.2 Å². The van der Waals surface area contributed by atoms with Crippen LogP contribution in [0.5, 0.6) is 0 Å². The van der Waals surface area contributed by atoms with E-state index >= 15 is 0 Å². The third-order valence-electron chi connectivity index (χ3n) is 5.59. The molecule has 126 valence electrons. The van der Waals surface area contributed by atoms with Gasteiger partial charge in [0.05, 0.1) is 6.33 Å². The molecule has 5 nitrogen and oxygen atoms in total. The molecular formula is C19H24N4O. The molecule has 1 amide bonds. The summed E-state index contributed by atoms with van der Waals surface area (Å²) < 4.78 is 1.94. The van der Waals surface area contributed by atoms with Crippen LogP contribution in [0.4, 0.5) is 0 Å². The van der Waals surface area contributed by atoms with Crippen LogP contribution in [0.25, 0.3) is 5.69 Å². The molecule has 2 aromatic rings. The summed E-state index contributed by atoms with van der Waals surface area (Å²) >= 11 is 0. The fourth-order valence-corrected chi connectivity index (χ4v) is 4.01. The molecule has 0 saturated carbocycles. The summed E-state index contributed by atoms with van der Waals surface area (Å²) in [6.45, 7) is 4.02. The molecule has 0 aliphatic carbocycles. The van der Waals surface area contributed by atoms with Crippen molar-refractivity contribution in [3.8, 4) is 5.69 Å². The second-order valence-corrected chi connectivity index (χ2v) is 7.09. The lowest BCUT2D eigenvalue weighted by Gasteiger charge is -2.44. The maximum Gasteiger partial charge on any atom is 0.253 e. The summed E-state index contributed by atoms with van der Waals surface area (Å²) in [7, 11) is 0. The van der Waals surface area contributed by atoms with E-state index in [9.17, 15) is 4.79 Å². The van der Waals surface area contributed by atoms with Crippen LogP contribution in [0, 0.1) is 5.41 Å². The van der Waals surface area contributed by atoms with Gasteiger partial charge in [0.25, 0.3) is 5.91 Å². The summed E-state index contributed by atoms with van der Waals surface area (Å²) in [5.41, 5.74) is 2.23. The molecule has 2 saturated heterocycles. The molecular weight excluding hydrogens is 300 g/mol. The van der Waals surface area contributed by atoms with Crippen molar-refractivity contribution in [2.75, 3.05) is 26.2 Å². The average molecular weight is 324 g/mol. The number of benzene rings is 1. The number of carbonyl (C=O) groups is 1. The number of rotatable bonds is 2. The van der Waals surface area contributed by atoms with Crippen LogP contribution in [0.15, 0.2) is 43.0 Å². The van der Waals surface area contributed by atoms with Gasteiger partial charge in [0.2, 0.25) is 0 Å². The van der Waals surface area contributed by atoms with E-state index in [2.05, 4.69) is 10.3 Å². The van der Waals surface area contributed by atoms with Crippen molar-refractivity contribution in [3.63, 3.8) is 0 Å². The lowest BCUT2D eigenvalue weighted by Crippen LogP contribution is -2.49. The first-order valence-corrected chi connectivity index (χ1v) is 8.84. The zero-order chi connectivity index (χ0) is 16.4. The van der Waals surface area contributed by atoms with Crippen molar-refractivity contribution >= 4 is 5.91 Å². The molecule has 24 heavy (non-hydrogen) atoms. The minimum absolute atomic E-state index is 0.158. The average Bonchev–Trinajstić information content (AvgIpc) is 3.17. The number of amides is 1. The molecule has 1 aromatic carbocycles. The minimum Gasteiger partial charge on any atom is -0.339 e. The third-order valence-corrected chi connectivity index (χ3v) is 5.59. The summed E-state index contributed by atoms with van der Waals surface area (Å²) in [5.74, 6) is 0.158. The monoisotopic (exact) mass is 324 g/mol. The van der Waals surface area contributed by atoms with E-state index in [1.54, 1.807) is 12.5 Å². The van der Waals surface area contributed by atoms with Gasteiger partial charge >= 0.3 is 0 Å². The van der Waals surface area contributed by atoms with E-state index < -0.39 is 0 Å². The van der Waals surface area contributed by atoms with Crippen LogP contribution in [0.3, 0.4) is 0 Å². The number of piperidine rings is 2. The summed E-state index contributed by atoms with van der Waals surface area (Å²) in [4.78, 5) is 18.8. The Morgan fingerprint density at radius 3 is 2.54 bits per heavy atom. The van der Waals surface area contributed by atoms with Crippen molar-refractivity contribution in [2.24, 2.45) is 5.41 Å². The number of hydrogen-bond acceptors (Lipinski definition) is 3. The minimum atomic E-state index is 0.158. The zero-order valence-corrected chi connectivity index (χ0v) is 13.9. The van der Waals surface area contributed by atoms with Gasteiger partial charge in [-0.1, -0.05) is 0 Å². The number of nitrogens with zero attached hydrogens (tertiary/aromatic N) is 3. The summed E-state index contributed by atoms with van der Waals surface area (Å²) in [5, 5.41) is 3.53. The first-order valence-electron chi connectivity index (χ1n) is 8.84. The highest BCUT2D eigenvalue weighted by molar-refractivity contribution is 5.94. The molecule has 0 radical (unpaired) electrons. The van der Waals surface area contributed by atoms with Gasteiger partial charge in [-0.25, -0.2) is 4.98 Å². The molecule has 5 heteroatoms. The van der Waals surface area contributed by atoms with Crippen LogP contribution in [0.1, 0.15) is 36.0 Å². The molecule has 2 aliphatic rings. The van der Waals surface area contributed by atoms with Crippen LogP contribution in [-0.2, 0) is 0 Å². The lowest BCUT2D eigenvalue weighted by atomic mass is 9.73. The quantitative estimate of drug-likeness (QED) is 0.923. The number of nitrogens with one attached hydrogen (secondary N) is 1. The van der Waals surface area contributed by atoms with Gasteiger partial charge in [-0.2, -0.15) is 0 Å². The Kier molecular flexibility index (Phi) is 4.10. The Morgan fingerprint density at radius 1 is 1.12 bits per heavy atom. The van der Waals surface area contributed by atoms with Gasteiger partial charge in [0.15, 0.2) is 0 Å². The highest BCUT2D eigenvalue weighted by atomic mass is 16.2. The van der Waals surface area contributed by atoms with E-state index in [4.69, 9.17) is 0 Å². The molecule has 4 rings (SSSR count). The van der Waals surface area contributed by atoms with Gasteiger partial charge in [-0.15, -0.1) is 0 Å². The van der Waals surface area contributed by atoms with E-state index in [0.717, 1.165) is 50.3 Å². The lowest BCUT2D eigenvalue weighted by molar-refractivity contribution is 0.0513. The highest BCUT2D eigenvalue weighted by Gasteiger charge is 2.36. The van der Waals surface area contributed by atoms with Crippen molar-refractivity contribution in [1.82, 2.24) is 19.8 Å². The van der Waals surface area contributed by atoms with Crippen LogP contribution in [0.2, 0.25) is 0 Å². The molecule has 2 aliphatic heterocycles. The Bertz CT molecular complexity index is 677. The van der Waals surface area contributed by atoms with E-state index in [1.807, 2.05) is 39.9 Å². The summed E-state index contributed by atoms with van der Waals surface area (Å²) in [6, 6.07) is 7.80. The van der Waals surface area contributed by atoms with Crippen molar-refractivity contribution in [3.05, 3.63) is 48.5 Å². The van der Waals surface area contributed by atoms with Gasteiger partial charge in [0, 0.05) is 43.3 Å². The van der Waals surface area contributed by atoms with Gasteiger partial charge in [0.1, 0.15) is 0 Å². The number of aromatic nitrogens is 2. The Morgan fingerprint density at radius 2 is 1.92 bits per heavy atom. The summed E-state index contributed by atoms with van der Waals surface area (Å²) in [6.07, 6.45) is 10.2. The Labute approximate surface area is 142 Å². The highest BCUT2D eigenvalue weighted by Crippen LogP contribution is 2.37. The third kappa shape index (κ3) is 2.96. The molecule has 1 N–H and O–H groups in total. The molecule has 0 atom stereocenters. The normalized spacial score (nSPS) is 20.2. The second kappa shape index (κ2) is 6.40. The number of likely N-dealkylation sites (tertiary alicyclic amines) is 1. The SMILES string of the molecule is O=C(c1ccc(-n2ccnc2)cc1)N1CCC2(CCCNC2)CC1. The largest absolute Gasteiger partial charge is 0.339 e.